The Hall–Kier alpha value is -3.04. The van der Waals surface area contributed by atoms with E-state index in [4.69, 9.17) is 4.74 Å². The molecular weight excluding hydrogens is 454 g/mol. The van der Waals surface area contributed by atoms with Crippen LogP contribution in [0.2, 0.25) is 0 Å². The quantitative estimate of drug-likeness (QED) is 0.386. The molecule has 34 heavy (non-hydrogen) atoms. The van der Waals surface area contributed by atoms with Crippen LogP contribution in [0.4, 0.5) is 4.79 Å². The van der Waals surface area contributed by atoms with Gasteiger partial charge in [-0.1, -0.05) is 60.7 Å². The van der Waals surface area contributed by atoms with Gasteiger partial charge in [0.2, 0.25) is 11.8 Å². The summed E-state index contributed by atoms with van der Waals surface area (Å²) in [6, 6.07) is 16.1. The summed E-state index contributed by atoms with van der Waals surface area (Å²) in [5, 5.41) is 15.1. The Kier molecular flexibility index (Phi) is 10.4. The van der Waals surface area contributed by atoms with Gasteiger partial charge in [-0.15, -0.1) is 0 Å². The molecule has 0 aromatic heterocycles. The van der Waals surface area contributed by atoms with Gasteiger partial charge in [-0.05, 0) is 31.9 Å². The second kappa shape index (κ2) is 13.0. The lowest BCUT2D eigenvalue weighted by Gasteiger charge is -2.33. The molecule has 2 rings (SSSR count). The van der Waals surface area contributed by atoms with Gasteiger partial charge in [0, 0.05) is 18.8 Å². The predicted octanol–water partition coefficient (Wildman–Crippen LogP) is 2.69. The molecule has 0 aliphatic carbocycles. The second-order valence-electron chi connectivity index (χ2n) is 8.65. The third-order valence-electron chi connectivity index (χ3n) is 4.78. The number of carbonyl (C=O) groups excluding carboxylic acids is 3. The van der Waals surface area contributed by atoms with E-state index in [0.29, 0.717) is 5.56 Å². The topological polar surface area (TPSA) is 108 Å². The molecule has 3 amide bonds. The molecule has 184 valence electrons. The van der Waals surface area contributed by atoms with Crippen molar-refractivity contribution in [1.82, 2.24) is 15.5 Å². The highest BCUT2D eigenvalue weighted by Gasteiger charge is 2.35. The van der Waals surface area contributed by atoms with Gasteiger partial charge in [0.1, 0.15) is 17.7 Å². The van der Waals surface area contributed by atoms with E-state index in [2.05, 4.69) is 23.3 Å². The summed E-state index contributed by atoms with van der Waals surface area (Å²) in [6.45, 7) is 4.93. The largest absolute Gasteiger partial charge is 0.444 e. The fraction of sp³-hybridized carbons (Fsp3) is 0.400. The summed E-state index contributed by atoms with van der Waals surface area (Å²) >= 11 is 4.22. The van der Waals surface area contributed by atoms with E-state index < -0.39 is 35.6 Å². The summed E-state index contributed by atoms with van der Waals surface area (Å²) in [5.74, 6) is -0.988. The van der Waals surface area contributed by atoms with Gasteiger partial charge in [-0.3, -0.25) is 9.59 Å². The van der Waals surface area contributed by atoms with Crippen LogP contribution in [0.1, 0.15) is 37.9 Å². The number of nitrogens with zero attached hydrogens (tertiary/aromatic N) is 1. The van der Waals surface area contributed by atoms with Crippen LogP contribution in [0.25, 0.3) is 0 Å². The number of benzene rings is 2. The number of aliphatic hydroxyl groups is 1. The number of hydrogen-bond donors (Lipinski definition) is 4. The van der Waals surface area contributed by atoms with E-state index in [1.54, 1.807) is 51.1 Å². The van der Waals surface area contributed by atoms with Crippen molar-refractivity contribution < 1.29 is 24.2 Å². The monoisotopic (exact) mass is 487 g/mol. The molecule has 0 spiro atoms. The zero-order valence-electron chi connectivity index (χ0n) is 19.7. The van der Waals surface area contributed by atoms with E-state index in [1.807, 2.05) is 30.3 Å². The Morgan fingerprint density at radius 2 is 1.62 bits per heavy atom. The Morgan fingerprint density at radius 3 is 2.15 bits per heavy atom. The minimum atomic E-state index is -1.06. The minimum absolute atomic E-state index is 0.0207. The summed E-state index contributed by atoms with van der Waals surface area (Å²) in [5.41, 5.74) is 0.732. The number of aliphatic hydroxyl groups excluding tert-OH is 1. The molecular formula is C25H33N3O5S. The van der Waals surface area contributed by atoms with Crippen molar-refractivity contribution in [2.24, 2.45) is 0 Å². The Labute approximate surface area is 206 Å². The number of hydrogen-bond acceptors (Lipinski definition) is 6. The van der Waals surface area contributed by atoms with Crippen molar-refractivity contribution in [3.63, 3.8) is 0 Å². The van der Waals surface area contributed by atoms with E-state index in [9.17, 15) is 19.5 Å². The highest BCUT2D eigenvalue weighted by Crippen LogP contribution is 2.23. The first-order chi connectivity index (χ1) is 16.2. The molecule has 2 aromatic rings. The van der Waals surface area contributed by atoms with Gasteiger partial charge in [-0.25, -0.2) is 4.79 Å². The van der Waals surface area contributed by atoms with Crippen LogP contribution in [0.3, 0.4) is 0 Å². The molecule has 0 aliphatic rings. The van der Waals surface area contributed by atoms with Gasteiger partial charge < -0.3 is 25.4 Å². The summed E-state index contributed by atoms with van der Waals surface area (Å²) in [6.07, 6.45) is -0.770. The molecule has 2 aromatic carbocycles. The average molecular weight is 488 g/mol. The zero-order chi connectivity index (χ0) is 25.1. The Bertz CT molecular complexity index is 935. The normalized spacial score (nSPS) is 12.9. The van der Waals surface area contributed by atoms with Gasteiger partial charge in [0.05, 0.1) is 6.61 Å². The zero-order valence-corrected chi connectivity index (χ0v) is 20.6. The minimum Gasteiger partial charge on any atom is -0.444 e. The van der Waals surface area contributed by atoms with E-state index in [-0.39, 0.29) is 25.4 Å². The maximum absolute atomic E-state index is 13.5. The van der Waals surface area contributed by atoms with Gasteiger partial charge in [0.15, 0.2) is 0 Å². The standard InChI is InChI=1S/C25H33N3O5S/c1-25(2,3)33-24(32)27-20(17-34)23(31)28(14-15-29)21(19-12-8-5-9-13-19)22(30)26-16-18-10-6-4-7-11-18/h4-13,20-21,29,34H,14-17H2,1-3H3,(H,26,30)(H,27,32). The number of alkyl carbamates (subject to hydrolysis) is 1. The lowest BCUT2D eigenvalue weighted by atomic mass is 10.0. The van der Waals surface area contributed by atoms with Crippen LogP contribution in [-0.2, 0) is 20.9 Å². The van der Waals surface area contributed by atoms with Crippen LogP contribution < -0.4 is 10.6 Å². The van der Waals surface area contributed by atoms with Crippen LogP contribution >= 0.6 is 12.6 Å². The highest BCUT2D eigenvalue weighted by molar-refractivity contribution is 7.80. The smallest absolute Gasteiger partial charge is 0.408 e. The van der Waals surface area contributed by atoms with E-state index in [1.165, 1.54) is 4.90 Å². The maximum atomic E-state index is 13.5. The van der Waals surface area contributed by atoms with Crippen molar-refractivity contribution in [2.45, 2.75) is 45.0 Å². The van der Waals surface area contributed by atoms with Crippen molar-refractivity contribution in [3.05, 3.63) is 71.8 Å². The van der Waals surface area contributed by atoms with E-state index in [0.717, 1.165) is 5.56 Å². The fourth-order valence-corrected chi connectivity index (χ4v) is 3.55. The fourth-order valence-electron chi connectivity index (χ4n) is 3.30. The van der Waals surface area contributed by atoms with Gasteiger partial charge >= 0.3 is 6.09 Å². The molecule has 2 unspecified atom stereocenters. The first-order valence-corrected chi connectivity index (χ1v) is 11.7. The molecule has 9 heteroatoms. The highest BCUT2D eigenvalue weighted by atomic mass is 32.1. The lowest BCUT2D eigenvalue weighted by Crippen LogP contribution is -2.54. The molecule has 0 radical (unpaired) electrons. The average Bonchev–Trinajstić information content (AvgIpc) is 2.80. The first-order valence-electron chi connectivity index (χ1n) is 11.0. The lowest BCUT2D eigenvalue weighted by molar-refractivity contribution is -0.142. The summed E-state index contributed by atoms with van der Waals surface area (Å²) < 4.78 is 5.26. The van der Waals surface area contributed by atoms with E-state index >= 15 is 0 Å². The molecule has 0 saturated carbocycles. The van der Waals surface area contributed by atoms with Crippen molar-refractivity contribution in [1.29, 1.82) is 0 Å². The van der Waals surface area contributed by atoms with Crippen molar-refractivity contribution in [3.8, 4) is 0 Å². The third-order valence-corrected chi connectivity index (χ3v) is 5.15. The summed E-state index contributed by atoms with van der Waals surface area (Å²) in [7, 11) is 0. The number of ether oxygens (including phenoxy) is 1. The third kappa shape index (κ3) is 8.39. The molecule has 3 N–H and O–H groups in total. The second-order valence-corrected chi connectivity index (χ2v) is 9.02. The van der Waals surface area contributed by atoms with Crippen LogP contribution in [0.15, 0.2) is 60.7 Å². The number of carbonyl (C=O) groups is 3. The molecule has 0 bridgehead atoms. The predicted molar refractivity (Wildman–Crippen MR) is 133 cm³/mol. The van der Waals surface area contributed by atoms with Crippen LogP contribution in [-0.4, -0.2) is 58.5 Å². The number of amides is 3. The molecule has 0 heterocycles. The molecule has 0 saturated heterocycles. The van der Waals surface area contributed by atoms with Crippen molar-refractivity contribution >= 4 is 30.5 Å². The Balaban J connectivity index is 2.30. The number of rotatable bonds is 10. The van der Waals surface area contributed by atoms with Crippen molar-refractivity contribution in [2.75, 3.05) is 18.9 Å². The molecule has 8 nitrogen and oxygen atoms in total. The maximum Gasteiger partial charge on any atom is 0.408 e. The number of nitrogens with one attached hydrogen (secondary N) is 2. The molecule has 2 atom stereocenters. The number of thiol groups is 1. The van der Waals surface area contributed by atoms with Gasteiger partial charge in [0.25, 0.3) is 0 Å². The van der Waals surface area contributed by atoms with Crippen LogP contribution in [0.5, 0.6) is 0 Å². The van der Waals surface area contributed by atoms with Crippen LogP contribution in [0, 0.1) is 0 Å². The first kappa shape index (κ1) is 27.2. The molecule has 0 fully saturated rings. The molecule has 0 aliphatic heterocycles. The van der Waals surface area contributed by atoms with Gasteiger partial charge in [-0.2, -0.15) is 12.6 Å². The summed E-state index contributed by atoms with van der Waals surface area (Å²) in [4.78, 5) is 40.4. The SMILES string of the molecule is CC(C)(C)OC(=O)NC(CS)C(=O)N(CCO)C(C(=O)NCc1ccccc1)c1ccccc1. The Morgan fingerprint density at radius 1 is 1.03 bits per heavy atom.